The molecule has 4 rings (SSSR count). The van der Waals surface area contributed by atoms with Crippen LogP contribution in [0, 0.1) is 28.6 Å². The van der Waals surface area contributed by atoms with Crippen molar-refractivity contribution in [1.29, 1.82) is 0 Å². The molecule has 0 N–H and O–H groups in total. The van der Waals surface area contributed by atoms with Gasteiger partial charge in [-0.15, -0.1) is 0 Å². The van der Waals surface area contributed by atoms with Crippen LogP contribution in [-0.4, -0.2) is 17.9 Å². The highest BCUT2D eigenvalue weighted by Crippen LogP contribution is 2.65. The van der Waals surface area contributed by atoms with Crippen molar-refractivity contribution in [3.8, 4) is 0 Å². The zero-order valence-corrected chi connectivity index (χ0v) is 16.6. The van der Waals surface area contributed by atoms with Gasteiger partial charge in [0, 0.05) is 13.3 Å². The van der Waals surface area contributed by atoms with Gasteiger partial charge in [0.2, 0.25) is 0 Å². The van der Waals surface area contributed by atoms with Crippen LogP contribution in [0.4, 0.5) is 0 Å². The Balaban J connectivity index is 1.59. The van der Waals surface area contributed by atoms with Crippen LogP contribution in [0.5, 0.6) is 0 Å². The second kappa shape index (κ2) is 6.07. The van der Waals surface area contributed by atoms with Gasteiger partial charge in [-0.1, -0.05) is 31.6 Å². The van der Waals surface area contributed by atoms with Crippen molar-refractivity contribution < 1.29 is 14.3 Å². The molecule has 142 valence electrons. The molecule has 6 atom stereocenters. The number of carbonyl (C=O) groups is 2. The first-order chi connectivity index (χ1) is 12.3. The summed E-state index contributed by atoms with van der Waals surface area (Å²) in [5.41, 5.74) is 2.96. The van der Waals surface area contributed by atoms with Crippen molar-refractivity contribution >= 4 is 11.8 Å². The van der Waals surface area contributed by atoms with Gasteiger partial charge in [0.1, 0.15) is 6.10 Å². The van der Waals surface area contributed by atoms with Crippen LogP contribution >= 0.6 is 0 Å². The Labute approximate surface area is 157 Å². The summed E-state index contributed by atoms with van der Waals surface area (Å²) in [4.78, 5) is 23.5. The van der Waals surface area contributed by atoms with Gasteiger partial charge in [-0.3, -0.25) is 9.59 Å². The fraction of sp³-hybridized carbons (Fsp3) is 0.739. The Hall–Kier alpha value is -1.38. The molecule has 0 spiro atoms. The van der Waals surface area contributed by atoms with Crippen LogP contribution in [0.3, 0.4) is 0 Å². The summed E-state index contributed by atoms with van der Waals surface area (Å²) in [5, 5.41) is 0. The van der Waals surface area contributed by atoms with Crippen LogP contribution in [0.1, 0.15) is 72.6 Å². The van der Waals surface area contributed by atoms with E-state index in [-0.39, 0.29) is 28.7 Å². The molecule has 0 aromatic carbocycles. The number of ketones is 1. The monoisotopic (exact) mass is 356 g/mol. The number of esters is 1. The molecule has 2 saturated carbocycles. The second-order valence-electron chi connectivity index (χ2n) is 9.60. The van der Waals surface area contributed by atoms with E-state index in [1.807, 2.05) is 0 Å². The van der Waals surface area contributed by atoms with Crippen molar-refractivity contribution in [3.05, 3.63) is 23.3 Å². The maximum atomic E-state index is 12.2. The minimum atomic E-state index is -0.157. The lowest BCUT2D eigenvalue weighted by Crippen LogP contribution is -2.50. The number of carbonyl (C=O) groups excluding carboxylic acids is 2. The second-order valence-corrected chi connectivity index (χ2v) is 9.60. The number of hydrogen-bond acceptors (Lipinski definition) is 3. The highest BCUT2D eigenvalue weighted by molar-refractivity contribution is 5.95. The van der Waals surface area contributed by atoms with Gasteiger partial charge in [0.15, 0.2) is 5.78 Å². The van der Waals surface area contributed by atoms with E-state index in [2.05, 4.69) is 26.0 Å². The quantitative estimate of drug-likeness (QED) is 0.516. The van der Waals surface area contributed by atoms with E-state index in [9.17, 15) is 9.59 Å². The first-order valence-electron chi connectivity index (χ1n) is 10.3. The maximum Gasteiger partial charge on any atom is 0.302 e. The fourth-order valence-corrected chi connectivity index (χ4v) is 7.08. The molecule has 26 heavy (non-hydrogen) atoms. The smallest absolute Gasteiger partial charge is 0.302 e. The summed E-state index contributed by atoms with van der Waals surface area (Å²) in [6.07, 6.45) is 12.3. The highest BCUT2D eigenvalue weighted by Gasteiger charge is 2.57. The summed E-state index contributed by atoms with van der Waals surface area (Å²) in [5.74, 6) is 2.11. The highest BCUT2D eigenvalue weighted by atomic mass is 16.5. The third kappa shape index (κ3) is 2.53. The molecule has 2 fully saturated rings. The van der Waals surface area contributed by atoms with Crippen molar-refractivity contribution in [2.24, 2.45) is 28.6 Å². The van der Waals surface area contributed by atoms with Gasteiger partial charge in [0.25, 0.3) is 0 Å². The van der Waals surface area contributed by atoms with Gasteiger partial charge in [-0.05, 0) is 79.6 Å². The van der Waals surface area contributed by atoms with Crippen molar-refractivity contribution in [2.75, 3.05) is 0 Å². The lowest BCUT2D eigenvalue weighted by Gasteiger charge is -2.57. The van der Waals surface area contributed by atoms with Gasteiger partial charge in [0.05, 0.1) is 0 Å². The molecule has 1 unspecified atom stereocenters. The molecular weight excluding hydrogens is 324 g/mol. The minimum absolute atomic E-state index is 0.0645. The molecule has 4 aliphatic carbocycles. The summed E-state index contributed by atoms with van der Waals surface area (Å²) in [6, 6.07) is 0. The number of fused-ring (bicyclic) bond motifs is 5. The van der Waals surface area contributed by atoms with Crippen LogP contribution in [0.15, 0.2) is 23.3 Å². The Morgan fingerprint density at radius 3 is 2.42 bits per heavy atom. The van der Waals surface area contributed by atoms with Crippen molar-refractivity contribution in [1.82, 2.24) is 0 Å². The van der Waals surface area contributed by atoms with E-state index < -0.39 is 0 Å². The van der Waals surface area contributed by atoms with E-state index >= 15 is 0 Å². The standard InChI is InChI=1S/C23H32O3/c1-14(24)19-7-8-20-18-6-5-16-13-17(26-15(2)25)9-11-22(16,3)21(18)10-12-23(19,20)4/h5,7,17-18,20-21H,6,8-13H2,1-4H3/t17-,18?,20+,21+,22+,23-/m1/s1. The first kappa shape index (κ1) is 18.0. The molecule has 3 nitrogen and oxygen atoms in total. The topological polar surface area (TPSA) is 43.4 Å². The van der Waals surface area contributed by atoms with E-state index in [1.165, 1.54) is 18.9 Å². The molecule has 4 aliphatic rings. The zero-order valence-electron chi connectivity index (χ0n) is 16.6. The molecular formula is C23H32O3. The van der Waals surface area contributed by atoms with Crippen LogP contribution in [0.2, 0.25) is 0 Å². The summed E-state index contributed by atoms with van der Waals surface area (Å²) >= 11 is 0. The van der Waals surface area contributed by atoms with Crippen molar-refractivity contribution in [2.45, 2.75) is 78.7 Å². The fourth-order valence-electron chi connectivity index (χ4n) is 7.08. The molecule has 0 saturated heterocycles. The van der Waals surface area contributed by atoms with Crippen LogP contribution in [-0.2, 0) is 14.3 Å². The summed E-state index contributed by atoms with van der Waals surface area (Å²) < 4.78 is 5.52. The maximum absolute atomic E-state index is 12.2. The van der Waals surface area contributed by atoms with Crippen LogP contribution < -0.4 is 0 Å². The molecule has 0 amide bonds. The normalized spacial score (nSPS) is 44.2. The largest absolute Gasteiger partial charge is 0.462 e. The number of hydrogen-bond donors (Lipinski definition) is 0. The SMILES string of the molecule is CC(=O)O[C@@H]1CC[C@@]2(C)C(=CCC3[C@@H]2CC[C@]2(C)C(C(C)=O)=CC[C@@H]32)C1. The van der Waals surface area contributed by atoms with E-state index in [1.54, 1.807) is 6.92 Å². The molecule has 0 bridgehead atoms. The lowest BCUT2D eigenvalue weighted by atomic mass is 9.47. The average Bonchev–Trinajstić information content (AvgIpc) is 2.92. The Bertz CT molecular complexity index is 702. The summed E-state index contributed by atoms with van der Waals surface area (Å²) in [7, 11) is 0. The van der Waals surface area contributed by atoms with Crippen LogP contribution in [0.25, 0.3) is 0 Å². The van der Waals surface area contributed by atoms with E-state index in [0.717, 1.165) is 44.1 Å². The predicted octanol–water partition coefficient (Wildman–Crippen LogP) is 5.01. The molecule has 0 aromatic heterocycles. The van der Waals surface area contributed by atoms with Gasteiger partial charge in [-0.25, -0.2) is 0 Å². The molecule has 0 aromatic rings. The lowest BCUT2D eigenvalue weighted by molar-refractivity contribution is -0.148. The predicted molar refractivity (Wildman–Crippen MR) is 101 cm³/mol. The minimum Gasteiger partial charge on any atom is -0.462 e. The average molecular weight is 357 g/mol. The Morgan fingerprint density at radius 1 is 1.00 bits per heavy atom. The molecule has 0 heterocycles. The number of Topliss-reactive ketones (excluding diaryl/α,β-unsaturated/α-hetero) is 1. The van der Waals surface area contributed by atoms with Crippen molar-refractivity contribution in [3.63, 3.8) is 0 Å². The van der Waals surface area contributed by atoms with Gasteiger partial charge in [-0.2, -0.15) is 0 Å². The number of ether oxygens (including phenoxy) is 1. The van der Waals surface area contributed by atoms with Gasteiger partial charge >= 0.3 is 5.97 Å². The van der Waals surface area contributed by atoms with E-state index in [4.69, 9.17) is 4.74 Å². The third-order valence-corrected chi connectivity index (χ3v) is 8.35. The zero-order chi connectivity index (χ0) is 18.7. The van der Waals surface area contributed by atoms with E-state index in [0.29, 0.717) is 17.8 Å². The molecule has 0 radical (unpaired) electrons. The molecule has 0 aliphatic heterocycles. The Morgan fingerprint density at radius 2 is 1.73 bits per heavy atom. The number of allylic oxidation sites excluding steroid dienone is 3. The Kier molecular flexibility index (Phi) is 4.20. The summed E-state index contributed by atoms with van der Waals surface area (Å²) in [6.45, 7) is 8.05. The number of rotatable bonds is 2. The molecule has 3 heteroatoms. The third-order valence-electron chi connectivity index (χ3n) is 8.35. The first-order valence-corrected chi connectivity index (χ1v) is 10.3. The van der Waals surface area contributed by atoms with Gasteiger partial charge < -0.3 is 4.74 Å².